The van der Waals surface area contributed by atoms with E-state index in [0.717, 1.165) is 22.4 Å². The fourth-order valence-electron chi connectivity index (χ4n) is 2.29. The summed E-state index contributed by atoms with van der Waals surface area (Å²) < 4.78 is 10.8. The molecule has 3 aromatic rings. The normalized spacial score (nSPS) is 11.4. The summed E-state index contributed by atoms with van der Waals surface area (Å²) in [6.07, 6.45) is 0. The third-order valence-electron chi connectivity index (χ3n) is 3.67. The van der Waals surface area contributed by atoms with Gasteiger partial charge >= 0.3 is 0 Å². The zero-order valence-corrected chi connectivity index (χ0v) is 14.1. The first-order chi connectivity index (χ1) is 12.2. The zero-order valence-electron chi connectivity index (χ0n) is 14.1. The minimum Gasteiger partial charge on any atom is -0.497 e. The number of methoxy groups -OCH3 is 1. The molecule has 0 saturated heterocycles. The van der Waals surface area contributed by atoms with Crippen LogP contribution in [-0.4, -0.2) is 25.3 Å². The quantitative estimate of drug-likeness (QED) is 0.534. The minimum absolute atomic E-state index is 0.114. The van der Waals surface area contributed by atoms with Gasteiger partial charge in [-0.1, -0.05) is 18.2 Å². The Kier molecular flexibility index (Phi) is 4.99. The molecule has 0 fully saturated rings. The Morgan fingerprint density at radius 1 is 1.16 bits per heavy atom. The molecule has 25 heavy (non-hydrogen) atoms. The van der Waals surface area contributed by atoms with Crippen molar-refractivity contribution in [3.8, 4) is 5.75 Å². The predicted octanol–water partition coefficient (Wildman–Crippen LogP) is 3.39. The van der Waals surface area contributed by atoms with Crippen molar-refractivity contribution in [1.29, 1.82) is 0 Å². The Balaban J connectivity index is 1.55. The maximum Gasteiger partial charge on any atom is 0.259 e. The highest BCUT2D eigenvalue weighted by molar-refractivity contribution is 6.00. The fourth-order valence-corrected chi connectivity index (χ4v) is 2.29. The summed E-state index contributed by atoms with van der Waals surface area (Å²) in [5.41, 5.74) is 4.74. The largest absolute Gasteiger partial charge is 0.497 e. The number of fused-ring (bicyclic) bond motifs is 1. The van der Waals surface area contributed by atoms with Gasteiger partial charge in [-0.2, -0.15) is 5.10 Å². The lowest BCUT2D eigenvalue weighted by Crippen LogP contribution is -2.26. The summed E-state index contributed by atoms with van der Waals surface area (Å²) in [6.45, 7) is 1.90. The lowest BCUT2D eigenvalue weighted by molar-refractivity contribution is -0.119. The maximum absolute atomic E-state index is 11.9. The highest BCUT2D eigenvalue weighted by atomic mass is 16.5. The van der Waals surface area contributed by atoms with Crippen molar-refractivity contribution >= 4 is 28.3 Å². The second-order valence-corrected chi connectivity index (χ2v) is 5.46. The van der Waals surface area contributed by atoms with Crippen LogP contribution in [0.1, 0.15) is 12.7 Å². The van der Waals surface area contributed by atoms with E-state index in [0.29, 0.717) is 11.5 Å². The number of para-hydroxylation sites is 1. The molecular formula is C19H19N3O3. The smallest absolute Gasteiger partial charge is 0.259 e. The van der Waals surface area contributed by atoms with Gasteiger partial charge in [0.25, 0.3) is 5.91 Å². The molecule has 0 bridgehead atoms. The molecule has 0 spiro atoms. The molecule has 1 amide bonds. The molecule has 2 aromatic carbocycles. The summed E-state index contributed by atoms with van der Waals surface area (Å²) in [5.74, 6) is 1.15. The van der Waals surface area contributed by atoms with Crippen molar-refractivity contribution in [3.05, 3.63) is 60.4 Å². The van der Waals surface area contributed by atoms with Crippen molar-refractivity contribution in [2.45, 2.75) is 6.92 Å². The molecular weight excluding hydrogens is 318 g/mol. The molecule has 0 atom stereocenters. The number of hydrazone groups is 1. The number of ether oxygens (including phenoxy) is 1. The lowest BCUT2D eigenvalue weighted by atomic mass is 10.2. The van der Waals surface area contributed by atoms with Gasteiger partial charge in [0, 0.05) is 11.1 Å². The van der Waals surface area contributed by atoms with Crippen molar-refractivity contribution in [2.24, 2.45) is 5.10 Å². The molecule has 0 aliphatic rings. The van der Waals surface area contributed by atoms with E-state index < -0.39 is 0 Å². The van der Waals surface area contributed by atoms with Crippen molar-refractivity contribution in [3.63, 3.8) is 0 Å². The molecule has 2 N–H and O–H groups in total. The third kappa shape index (κ3) is 4.17. The number of nitrogens with one attached hydrogen (secondary N) is 2. The number of amides is 1. The van der Waals surface area contributed by atoms with Gasteiger partial charge < -0.3 is 14.5 Å². The molecule has 1 aromatic heterocycles. The number of hydrogen-bond acceptors (Lipinski definition) is 5. The Bertz CT molecular complexity index is 865. The van der Waals surface area contributed by atoms with Crippen LogP contribution in [-0.2, 0) is 4.79 Å². The lowest BCUT2D eigenvalue weighted by Gasteiger charge is -2.06. The number of carbonyl (C=O) groups is 1. The van der Waals surface area contributed by atoms with Gasteiger partial charge in [0.2, 0.25) is 0 Å². The molecule has 0 radical (unpaired) electrons. The number of hydrogen-bond donors (Lipinski definition) is 2. The van der Waals surface area contributed by atoms with Crippen LogP contribution in [0.25, 0.3) is 11.0 Å². The summed E-state index contributed by atoms with van der Waals surface area (Å²) >= 11 is 0. The number of furan rings is 1. The summed E-state index contributed by atoms with van der Waals surface area (Å²) in [7, 11) is 1.61. The first kappa shape index (κ1) is 16.6. The third-order valence-corrected chi connectivity index (χ3v) is 3.67. The van der Waals surface area contributed by atoms with E-state index in [4.69, 9.17) is 9.15 Å². The molecule has 3 rings (SSSR count). The SMILES string of the molecule is COc1ccc(NCC(=O)N/N=C(\C)c2cc3ccccc3o2)cc1. The fraction of sp³-hybridized carbons (Fsp3) is 0.158. The van der Waals surface area contributed by atoms with E-state index in [1.54, 1.807) is 14.0 Å². The monoisotopic (exact) mass is 337 g/mol. The van der Waals surface area contributed by atoms with Gasteiger partial charge in [0.05, 0.1) is 13.7 Å². The first-order valence-electron chi connectivity index (χ1n) is 7.86. The van der Waals surface area contributed by atoms with Crippen LogP contribution in [0.3, 0.4) is 0 Å². The van der Waals surface area contributed by atoms with Gasteiger partial charge in [-0.3, -0.25) is 4.79 Å². The van der Waals surface area contributed by atoms with Gasteiger partial charge in [-0.05, 0) is 43.3 Å². The highest BCUT2D eigenvalue weighted by Gasteiger charge is 2.07. The van der Waals surface area contributed by atoms with Crippen LogP contribution < -0.4 is 15.5 Å². The van der Waals surface area contributed by atoms with E-state index in [1.807, 2.05) is 54.6 Å². The van der Waals surface area contributed by atoms with E-state index in [1.165, 1.54) is 0 Å². The van der Waals surface area contributed by atoms with Crippen LogP contribution in [0.2, 0.25) is 0 Å². The van der Waals surface area contributed by atoms with Crippen molar-refractivity contribution in [1.82, 2.24) is 5.43 Å². The van der Waals surface area contributed by atoms with Gasteiger partial charge in [0.15, 0.2) is 5.76 Å². The molecule has 0 unspecified atom stereocenters. The zero-order chi connectivity index (χ0) is 17.6. The van der Waals surface area contributed by atoms with E-state index in [-0.39, 0.29) is 12.5 Å². The number of anilines is 1. The van der Waals surface area contributed by atoms with Crippen LogP contribution >= 0.6 is 0 Å². The van der Waals surface area contributed by atoms with Crippen LogP contribution in [0.4, 0.5) is 5.69 Å². The average Bonchev–Trinajstić information content (AvgIpc) is 3.09. The van der Waals surface area contributed by atoms with Crippen molar-refractivity contribution in [2.75, 3.05) is 19.0 Å². The number of rotatable bonds is 6. The number of nitrogens with zero attached hydrogens (tertiary/aromatic N) is 1. The van der Waals surface area contributed by atoms with Gasteiger partial charge in [-0.25, -0.2) is 5.43 Å². The first-order valence-corrected chi connectivity index (χ1v) is 7.86. The summed E-state index contributed by atoms with van der Waals surface area (Å²) in [6, 6.07) is 16.9. The average molecular weight is 337 g/mol. The Labute approximate surface area is 145 Å². The second-order valence-electron chi connectivity index (χ2n) is 5.46. The topological polar surface area (TPSA) is 75.9 Å². The van der Waals surface area contributed by atoms with E-state index in [2.05, 4.69) is 15.8 Å². The van der Waals surface area contributed by atoms with Crippen LogP contribution in [0.5, 0.6) is 5.75 Å². The molecule has 6 heteroatoms. The molecule has 6 nitrogen and oxygen atoms in total. The maximum atomic E-state index is 11.9. The molecule has 128 valence electrons. The molecule has 1 heterocycles. The Hall–Kier alpha value is -3.28. The minimum atomic E-state index is -0.244. The highest BCUT2D eigenvalue weighted by Crippen LogP contribution is 2.19. The van der Waals surface area contributed by atoms with Gasteiger partial charge in [0.1, 0.15) is 17.0 Å². The van der Waals surface area contributed by atoms with Gasteiger partial charge in [-0.15, -0.1) is 0 Å². The van der Waals surface area contributed by atoms with E-state index >= 15 is 0 Å². The van der Waals surface area contributed by atoms with Crippen molar-refractivity contribution < 1.29 is 13.9 Å². The number of carbonyl (C=O) groups excluding carboxylic acids is 1. The van der Waals surface area contributed by atoms with E-state index in [9.17, 15) is 4.79 Å². The van der Waals surface area contributed by atoms with Crippen LogP contribution in [0.15, 0.2) is 64.1 Å². The number of benzene rings is 2. The van der Waals surface area contributed by atoms with Crippen LogP contribution in [0, 0.1) is 0 Å². The molecule has 0 aliphatic heterocycles. The second kappa shape index (κ2) is 7.53. The molecule has 0 aliphatic carbocycles. The summed E-state index contributed by atoms with van der Waals surface area (Å²) in [5, 5.41) is 8.11. The Morgan fingerprint density at radius 3 is 2.64 bits per heavy atom. The predicted molar refractivity (Wildman–Crippen MR) is 98.1 cm³/mol. The summed E-state index contributed by atoms with van der Waals surface area (Å²) in [4.78, 5) is 11.9. The standard InChI is InChI=1S/C19H19N3O3/c1-13(18-11-14-5-3-4-6-17(14)25-18)21-22-19(23)12-20-15-7-9-16(24-2)10-8-15/h3-11,20H,12H2,1-2H3,(H,22,23)/b21-13+. The Morgan fingerprint density at radius 2 is 1.92 bits per heavy atom. The molecule has 0 saturated carbocycles.